The molecule has 0 atom stereocenters. The van der Waals surface area contributed by atoms with Gasteiger partial charge in [-0.3, -0.25) is 0 Å². The van der Waals surface area contributed by atoms with Crippen molar-refractivity contribution in [3.63, 3.8) is 0 Å². The molecule has 0 saturated heterocycles. The average molecular weight is 311 g/mol. The minimum atomic E-state index is 0.592. The van der Waals surface area contributed by atoms with Gasteiger partial charge in [-0.1, -0.05) is 18.3 Å². The second-order valence-corrected chi connectivity index (χ2v) is 6.65. The Morgan fingerprint density at radius 2 is 2.00 bits per heavy atom. The third-order valence-electron chi connectivity index (χ3n) is 2.22. The highest BCUT2D eigenvalue weighted by Crippen LogP contribution is 2.28. The topological polar surface area (TPSA) is 79.7 Å². The van der Waals surface area contributed by atoms with Gasteiger partial charge in [0.2, 0.25) is 17.1 Å². The first-order chi connectivity index (χ1) is 9.58. The summed E-state index contributed by atoms with van der Waals surface area (Å²) < 4.78 is 0.833. The Balaban J connectivity index is 2.23. The second-order valence-electron chi connectivity index (χ2n) is 4.25. The molecule has 0 spiro atoms. The largest absolute Gasteiger partial charge is 0.354 e. The van der Waals surface area contributed by atoms with E-state index in [1.807, 2.05) is 25.9 Å². The maximum atomic E-state index is 4.41. The van der Waals surface area contributed by atoms with Crippen LogP contribution in [-0.4, -0.2) is 45.8 Å². The van der Waals surface area contributed by atoms with E-state index in [0.717, 1.165) is 22.3 Å². The van der Waals surface area contributed by atoms with Gasteiger partial charge in [0.25, 0.3) is 0 Å². The number of aromatic nitrogens is 5. The first-order valence-corrected chi connectivity index (χ1v) is 7.87. The fourth-order valence-electron chi connectivity index (χ4n) is 1.31. The van der Waals surface area contributed by atoms with Crippen molar-refractivity contribution in [2.45, 2.75) is 29.8 Å². The van der Waals surface area contributed by atoms with Crippen LogP contribution in [0.5, 0.6) is 0 Å². The molecule has 1 N–H and O–H groups in total. The Hall–Kier alpha value is -1.48. The van der Waals surface area contributed by atoms with Crippen LogP contribution in [0.2, 0.25) is 0 Å². The standard InChI is InChI=1S/C11H17N7S2/c1-5-6-12-8-13-9(18(3)4)15-10(14-8)20-11-17-16-7(2)19-11/h5-6H2,1-4H3,(H,12,13,14,15). The van der Waals surface area contributed by atoms with E-state index in [1.165, 1.54) is 23.1 Å². The van der Waals surface area contributed by atoms with Crippen molar-refractivity contribution < 1.29 is 0 Å². The number of aryl methyl sites for hydroxylation is 1. The third kappa shape index (κ3) is 4.01. The Morgan fingerprint density at radius 3 is 2.60 bits per heavy atom. The molecule has 2 heterocycles. The lowest BCUT2D eigenvalue weighted by Crippen LogP contribution is -2.16. The highest BCUT2D eigenvalue weighted by molar-refractivity contribution is 8.00. The lowest BCUT2D eigenvalue weighted by Gasteiger charge is -2.12. The summed E-state index contributed by atoms with van der Waals surface area (Å²) in [5, 5.41) is 12.8. The smallest absolute Gasteiger partial charge is 0.230 e. The Morgan fingerprint density at radius 1 is 1.20 bits per heavy atom. The lowest BCUT2D eigenvalue weighted by atomic mass is 10.5. The van der Waals surface area contributed by atoms with Crippen molar-refractivity contribution in [2.24, 2.45) is 0 Å². The van der Waals surface area contributed by atoms with Gasteiger partial charge in [0.15, 0.2) is 4.34 Å². The van der Waals surface area contributed by atoms with Gasteiger partial charge in [0.05, 0.1) is 0 Å². The molecule has 0 radical (unpaired) electrons. The van der Waals surface area contributed by atoms with E-state index in [-0.39, 0.29) is 0 Å². The van der Waals surface area contributed by atoms with Crippen molar-refractivity contribution in [3.05, 3.63) is 5.01 Å². The van der Waals surface area contributed by atoms with Crippen molar-refractivity contribution in [1.29, 1.82) is 0 Å². The number of hydrogen-bond donors (Lipinski definition) is 1. The summed E-state index contributed by atoms with van der Waals surface area (Å²) in [7, 11) is 3.81. The van der Waals surface area contributed by atoms with Crippen LogP contribution in [0.4, 0.5) is 11.9 Å². The molecule has 20 heavy (non-hydrogen) atoms. The number of anilines is 2. The number of nitrogens with zero attached hydrogens (tertiary/aromatic N) is 6. The molecular formula is C11H17N7S2. The molecule has 2 aromatic heterocycles. The molecule has 0 aromatic carbocycles. The highest BCUT2D eigenvalue weighted by atomic mass is 32.2. The second kappa shape index (κ2) is 6.80. The van der Waals surface area contributed by atoms with Gasteiger partial charge in [-0.15, -0.1) is 10.2 Å². The number of rotatable bonds is 6. The van der Waals surface area contributed by atoms with E-state index >= 15 is 0 Å². The monoisotopic (exact) mass is 311 g/mol. The van der Waals surface area contributed by atoms with Crippen molar-refractivity contribution in [2.75, 3.05) is 30.9 Å². The zero-order valence-corrected chi connectivity index (χ0v) is 13.5. The molecule has 9 heteroatoms. The molecule has 0 aliphatic rings. The first kappa shape index (κ1) is 14.9. The normalized spacial score (nSPS) is 10.6. The first-order valence-electron chi connectivity index (χ1n) is 6.23. The van der Waals surface area contributed by atoms with Crippen LogP contribution in [-0.2, 0) is 0 Å². The van der Waals surface area contributed by atoms with E-state index in [4.69, 9.17) is 0 Å². The maximum Gasteiger partial charge on any atom is 0.230 e. The highest BCUT2D eigenvalue weighted by Gasteiger charge is 2.11. The molecule has 0 saturated carbocycles. The number of nitrogens with one attached hydrogen (secondary N) is 1. The lowest BCUT2D eigenvalue weighted by molar-refractivity contribution is 0.850. The Bertz CT molecular complexity index is 570. The minimum Gasteiger partial charge on any atom is -0.354 e. The van der Waals surface area contributed by atoms with Crippen LogP contribution in [0.15, 0.2) is 9.50 Å². The third-order valence-corrected chi connectivity index (χ3v) is 3.98. The molecule has 0 fully saturated rings. The van der Waals surface area contributed by atoms with E-state index in [0.29, 0.717) is 17.1 Å². The molecule has 0 amide bonds. The SMILES string of the molecule is CCCNc1nc(Sc2nnc(C)s2)nc(N(C)C)n1. The van der Waals surface area contributed by atoms with Crippen LogP contribution < -0.4 is 10.2 Å². The molecule has 7 nitrogen and oxygen atoms in total. The molecule has 0 aliphatic carbocycles. The Kier molecular flexibility index (Phi) is 5.07. The van der Waals surface area contributed by atoms with Gasteiger partial charge in [0.1, 0.15) is 5.01 Å². The van der Waals surface area contributed by atoms with Crippen LogP contribution in [0.1, 0.15) is 18.4 Å². The zero-order valence-electron chi connectivity index (χ0n) is 11.9. The molecule has 0 bridgehead atoms. The van der Waals surface area contributed by atoms with Gasteiger partial charge in [-0.05, 0) is 25.1 Å². The summed E-state index contributed by atoms with van der Waals surface area (Å²) in [4.78, 5) is 15.0. The summed E-state index contributed by atoms with van der Waals surface area (Å²) in [5.74, 6) is 1.22. The molecule has 2 aromatic rings. The van der Waals surface area contributed by atoms with Crippen molar-refractivity contribution in [1.82, 2.24) is 25.1 Å². The van der Waals surface area contributed by atoms with E-state index < -0.39 is 0 Å². The molecule has 2 rings (SSSR count). The van der Waals surface area contributed by atoms with Crippen molar-refractivity contribution in [3.8, 4) is 0 Å². The average Bonchev–Trinajstić information content (AvgIpc) is 2.81. The number of hydrogen-bond acceptors (Lipinski definition) is 9. The Labute approximate surface area is 126 Å². The van der Waals surface area contributed by atoms with Gasteiger partial charge in [-0.2, -0.15) is 15.0 Å². The molecule has 0 unspecified atom stereocenters. The van der Waals surface area contributed by atoms with E-state index in [1.54, 1.807) is 0 Å². The van der Waals surface area contributed by atoms with E-state index in [9.17, 15) is 0 Å². The zero-order chi connectivity index (χ0) is 14.5. The van der Waals surface area contributed by atoms with Gasteiger partial charge >= 0.3 is 0 Å². The molecule has 108 valence electrons. The van der Waals surface area contributed by atoms with E-state index in [2.05, 4.69) is 37.4 Å². The minimum absolute atomic E-state index is 0.592. The predicted molar refractivity (Wildman–Crippen MR) is 81.7 cm³/mol. The van der Waals surface area contributed by atoms with Crippen molar-refractivity contribution >= 4 is 35.0 Å². The fourth-order valence-corrected chi connectivity index (χ4v) is 2.97. The summed E-state index contributed by atoms with van der Waals surface area (Å²) in [6.45, 7) is 4.86. The summed E-state index contributed by atoms with van der Waals surface area (Å²) in [5.41, 5.74) is 0. The quantitative estimate of drug-likeness (QED) is 0.868. The van der Waals surface area contributed by atoms with Gasteiger partial charge < -0.3 is 10.2 Å². The summed E-state index contributed by atoms with van der Waals surface area (Å²) in [6.07, 6.45) is 1.01. The summed E-state index contributed by atoms with van der Waals surface area (Å²) in [6, 6.07) is 0. The van der Waals surface area contributed by atoms with Gasteiger partial charge in [0, 0.05) is 20.6 Å². The maximum absolute atomic E-state index is 4.41. The molecular weight excluding hydrogens is 294 g/mol. The van der Waals surface area contributed by atoms with Crippen LogP contribution in [0.25, 0.3) is 0 Å². The molecule has 0 aliphatic heterocycles. The van der Waals surface area contributed by atoms with Gasteiger partial charge in [-0.25, -0.2) is 0 Å². The summed E-state index contributed by atoms with van der Waals surface area (Å²) >= 11 is 2.93. The predicted octanol–water partition coefficient (Wildman–Crippen LogP) is 2.07. The van der Waals surface area contributed by atoms with Crippen LogP contribution in [0.3, 0.4) is 0 Å². The van der Waals surface area contributed by atoms with Crippen LogP contribution in [0, 0.1) is 6.92 Å². The van der Waals surface area contributed by atoms with Crippen LogP contribution >= 0.6 is 23.1 Å². The fraction of sp³-hybridized carbons (Fsp3) is 0.545.